The van der Waals surface area contributed by atoms with Gasteiger partial charge in [0.2, 0.25) is 11.8 Å². The third kappa shape index (κ3) is 4.57. The molecule has 0 N–H and O–H groups in total. The normalized spacial score (nSPS) is 15.9. The molecule has 1 fully saturated rings. The highest BCUT2D eigenvalue weighted by molar-refractivity contribution is 5.91. The van der Waals surface area contributed by atoms with Crippen molar-refractivity contribution >= 4 is 12.0 Å². The molecule has 2 heterocycles. The number of piperazine rings is 1. The van der Waals surface area contributed by atoms with Crippen molar-refractivity contribution in [2.75, 3.05) is 26.2 Å². The lowest BCUT2D eigenvalue weighted by molar-refractivity contribution is -0.127. The summed E-state index contributed by atoms with van der Waals surface area (Å²) >= 11 is 0. The van der Waals surface area contributed by atoms with Gasteiger partial charge in [-0.15, -0.1) is 0 Å². The van der Waals surface area contributed by atoms with E-state index in [0.29, 0.717) is 6.54 Å². The summed E-state index contributed by atoms with van der Waals surface area (Å²) < 4.78 is 5.64. The van der Waals surface area contributed by atoms with E-state index in [4.69, 9.17) is 4.42 Å². The third-order valence-corrected chi connectivity index (χ3v) is 4.58. The number of rotatable bonds is 4. The minimum Gasteiger partial charge on any atom is -0.444 e. The second-order valence-corrected chi connectivity index (χ2v) is 6.60. The van der Waals surface area contributed by atoms with Crippen LogP contribution in [-0.4, -0.2) is 46.9 Å². The molecular formula is C20H25N3O2. The quantitative estimate of drug-likeness (QED) is 0.804. The van der Waals surface area contributed by atoms with Gasteiger partial charge in [0, 0.05) is 32.3 Å². The molecule has 0 aliphatic carbocycles. The fraction of sp³-hybridized carbons (Fsp3) is 0.400. The van der Waals surface area contributed by atoms with Gasteiger partial charge in [-0.2, -0.15) is 0 Å². The smallest absolute Gasteiger partial charge is 0.246 e. The number of aromatic nitrogens is 1. The Bertz CT molecular complexity index is 751. The molecule has 3 rings (SSSR count). The molecule has 1 aromatic carbocycles. The van der Waals surface area contributed by atoms with Gasteiger partial charge in [-0.1, -0.05) is 29.8 Å². The predicted molar refractivity (Wildman–Crippen MR) is 98.0 cm³/mol. The van der Waals surface area contributed by atoms with Crippen molar-refractivity contribution in [3.63, 3.8) is 0 Å². The first-order valence-electron chi connectivity index (χ1n) is 8.70. The van der Waals surface area contributed by atoms with Gasteiger partial charge in [0.1, 0.15) is 5.76 Å². The van der Waals surface area contributed by atoms with Crippen LogP contribution in [0.25, 0.3) is 6.08 Å². The van der Waals surface area contributed by atoms with Crippen LogP contribution in [0.5, 0.6) is 0 Å². The molecule has 25 heavy (non-hydrogen) atoms. The van der Waals surface area contributed by atoms with Crippen molar-refractivity contribution < 1.29 is 9.21 Å². The standard InChI is InChI=1S/C20H25N3O2/c1-15-5-4-6-18(13-15)7-8-20(24)23-11-9-22(10-12-23)14-19-21-16(2)17(3)25-19/h4-8,13H,9-12,14H2,1-3H3/b8-7-. The molecule has 1 saturated heterocycles. The number of carbonyl (C=O) groups is 1. The molecule has 5 heteroatoms. The molecule has 0 bridgehead atoms. The minimum atomic E-state index is 0.0731. The third-order valence-electron chi connectivity index (χ3n) is 4.58. The lowest BCUT2D eigenvalue weighted by atomic mass is 10.1. The Balaban J connectivity index is 1.50. The number of carbonyl (C=O) groups excluding carboxylic acids is 1. The van der Waals surface area contributed by atoms with E-state index in [1.54, 1.807) is 6.08 Å². The van der Waals surface area contributed by atoms with Crippen molar-refractivity contribution in [3.8, 4) is 0 Å². The monoisotopic (exact) mass is 339 g/mol. The maximum atomic E-state index is 12.4. The molecular weight excluding hydrogens is 314 g/mol. The summed E-state index contributed by atoms with van der Waals surface area (Å²) in [7, 11) is 0. The zero-order chi connectivity index (χ0) is 17.8. The van der Waals surface area contributed by atoms with Crippen LogP contribution in [0.2, 0.25) is 0 Å². The van der Waals surface area contributed by atoms with Gasteiger partial charge in [-0.25, -0.2) is 4.98 Å². The van der Waals surface area contributed by atoms with Crippen LogP contribution in [0.4, 0.5) is 0 Å². The Morgan fingerprint density at radius 2 is 1.96 bits per heavy atom. The molecule has 1 aromatic heterocycles. The summed E-state index contributed by atoms with van der Waals surface area (Å²) in [5.74, 6) is 1.71. The SMILES string of the molecule is Cc1cccc(/C=C\C(=O)N2CCN(Cc3nc(C)c(C)o3)CC2)c1. The van der Waals surface area contributed by atoms with Gasteiger partial charge < -0.3 is 9.32 Å². The van der Waals surface area contributed by atoms with Gasteiger partial charge in [0.05, 0.1) is 12.2 Å². The van der Waals surface area contributed by atoms with Crippen LogP contribution in [0.1, 0.15) is 28.5 Å². The molecule has 1 aliphatic heterocycles. The molecule has 0 spiro atoms. The van der Waals surface area contributed by atoms with E-state index < -0.39 is 0 Å². The lowest BCUT2D eigenvalue weighted by Gasteiger charge is -2.33. The van der Waals surface area contributed by atoms with Crippen LogP contribution < -0.4 is 0 Å². The summed E-state index contributed by atoms with van der Waals surface area (Å²) in [5, 5.41) is 0. The average Bonchev–Trinajstić information content (AvgIpc) is 2.91. The molecule has 1 amide bonds. The number of hydrogen-bond acceptors (Lipinski definition) is 4. The van der Waals surface area contributed by atoms with E-state index in [0.717, 1.165) is 49.1 Å². The van der Waals surface area contributed by atoms with Gasteiger partial charge in [0.15, 0.2) is 0 Å². The summed E-state index contributed by atoms with van der Waals surface area (Å²) in [6.07, 6.45) is 3.56. The first-order valence-corrected chi connectivity index (χ1v) is 8.70. The first kappa shape index (κ1) is 17.4. The number of aryl methyl sites for hydroxylation is 3. The number of nitrogens with zero attached hydrogens (tertiary/aromatic N) is 3. The lowest BCUT2D eigenvalue weighted by Crippen LogP contribution is -2.47. The molecule has 0 saturated carbocycles. The first-order chi connectivity index (χ1) is 12.0. The van der Waals surface area contributed by atoms with Crippen LogP contribution in [0, 0.1) is 20.8 Å². The van der Waals surface area contributed by atoms with Crippen molar-refractivity contribution in [2.24, 2.45) is 0 Å². The molecule has 132 valence electrons. The fourth-order valence-electron chi connectivity index (χ4n) is 2.97. The average molecular weight is 339 g/mol. The second kappa shape index (κ2) is 7.66. The zero-order valence-corrected chi connectivity index (χ0v) is 15.2. The Kier molecular flexibility index (Phi) is 5.34. The zero-order valence-electron chi connectivity index (χ0n) is 15.2. The van der Waals surface area contributed by atoms with Gasteiger partial charge in [0.25, 0.3) is 0 Å². The van der Waals surface area contributed by atoms with E-state index in [9.17, 15) is 4.79 Å². The molecule has 2 aromatic rings. The maximum absolute atomic E-state index is 12.4. The number of benzene rings is 1. The van der Waals surface area contributed by atoms with Crippen LogP contribution in [0.15, 0.2) is 34.8 Å². The summed E-state index contributed by atoms with van der Waals surface area (Å²) in [6.45, 7) is 9.79. The van der Waals surface area contributed by atoms with Crippen molar-refractivity contribution in [1.29, 1.82) is 0 Å². The van der Waals surface area contributed by atoms with Gasteiger partial charge in [-0.05, 0) is 32.4 Å². The summed E-state index contributed by atoms with van der Waals surface area (Å²) in [4.78, 5) is 21.0. The molecule has 1 aliphatic rings. The van der Waals surface area contributed by atoms with Gasteiger partial charge >= 0.3 is 0 Å². The van der Waals surface area contributed by atoms with E-state index >= 15 is 0 Å². The van der Waals surface area contributed by atoms with E-state index in [2.05, 4.69) is 28.9 Å². The number of oxazole rings is 1. The Morgan fingerprint density at radius 1 is 1.20 bits per heavy atom. The highest BCUT2D eigenvalue weighted by Crippen LogP contribution is 2.13. The Morgan fingerprint density at radius 3 is 2.60 bits per heavy atom. The van der Waals surface area contributed by atoms with E-state index in [1.165, 1.54) is 5.56 Å². The maximum Gasteiger partial charge on any atom is 0.246 e. The number of hydrogen-bond donors (Lipinski definition) is 0. The van der Waals surface area contributed by atoms with Gasteiger partial charge in [-0.3, -0.25) is 9.69 Å². The summed E-state index contributed by atoms with van der Waals surface area (Å²) in [6, 6.07) is 8.14. The van der Waals surface area contributed by atoms with Crippen LogP contribution in [0.3, 0.4) is 0 Å². The topological polar surface area (TPSA) is 49.6 Å². The van der Waals surface area contributed by atoms with Crippen molar-refractivity contribution in [3.05, 3.63) is 58.8 Å². The van der Waals surface area contributed by atoms with Crippen molar-refractivity contribution in [1.82, 2.24) is 14.8 Å². The van der Waals surface area contributed by atoms with Crippen molar-refractivity contribution in [2.45, 2.75) is 27.3 Å². The van der Waals surface area contributed by atoms with E-state index in [1.807, 2.05) is 37.0 Å². The fourth-order valence-corrected chi connectivity index (χ4v) is 2.97. The summed E-state index contributed by atoms with van der Waals surface area (Å²) in [5.41, 5.74) is 3.20. The molecule has 0 atom stereocenters. The minimum absolute atomic E-state index is 0.0731. The largest absolute Gasteiger partial charge is 0.444 e. The molecule has 5 nitrogen and oxygen atoms in total. The van der Waals surface area contributed by atoms with E-state index in [-0.39, 0.29) is 5.91 Å². The Labute approximate surface area is 149 Å². The highest BCUT2D eigenvalue weighted by atomic mass is 16.4. The molecule has 0 unspecified atom stereocenters. The molecule has 0 radical (unpaired) electrons. The van der Waals surface area contributed by atoms with Crippen LogP contribution in [-0.2, 0) is 11.3 Å². The highest BCUT2D eigenvalue weighted by Gasteiger charge is 2.21. The Hall–Kier alpha value is -2.40. The van der Waals surface area contributed by atoms with Crippen LogP contribution >= 0.6 is 0 Å². The predicted octanol–water partition coefficient (Wildman–Crippen LogP) is 2.96. The second-order valence-electron chi connectivity index (χ2n) is 6.60. The number of amides is 1.